The van der Waals surface area contributed by atoms with Gasteiger partial charge in [0.1, 0.15) is 0 Å². The Bertz CT molecular complexity index is 385. The number of halogens is 1. The number of rotatable bonds is 8. The molecular weight excluding hydrogens is 306 g/mol. The number of hydrogen-bond donors (Lipinski definition) is 0. The summed E-state index contributed by atoms with van der Waals surface area (Å²) in [4.78, 5) is 11.3. The first-order chi connectivity index (χ1) is 9.06. The standard InChI is InChI=1S/C14H24BrN3O/c1-5-6-8-18(9-7-15)14-16-12(4)10-13(17-14)19-11(2)3/h10-11H,5-9H2,1-4H3. The van der Waals surface area contributed by atoms with E-state index >= 15 is 0 Å². The Labute approximate surface area is 124 Å². The third kappa shape index (κ3) is 5.76. The normalized spacial score (nSPS) is 10.8. The van der Waals surface area contributed by atoms with Gasteiger partial charge in [-0.2, -0.15) is 4.98 Å². The summed E-state index contributed by atoms with van der Waals surface area (Å²) in [5.74, 6) is 1.43. The van der Waals surface area contributed by atoms with Crippen LogP contribution in [0, 0.1) is 6.92 Å². The average Bonchev–Trinajstić information content (AvgIpc) is 2.32. The van der Waals surface area contributed by atoms with E-state index in [0.29, 0.717) is 5.88 Å². The fourth-order valence-corrected chi connectivity index (χ4v) is 2.16. The molecule has 5 heteroatoms. The Morgan fingerprint density at radius 2 is 2.05 bits per heavy atom. The molecule has 19 heavy (non-hydrogen) atoms. The van der Waals surface area contributed by atoms with Gasteiger partial charge in [0, 0.05) is 30.2 Å². The predicted molar refractivity (Wildman–Crippen MR) is 83.4 cm³/mol. The largest absolute Gasteiger partial charge is 0.475 e. The van der Waals surface area contributed by atoms with Crippen molar-refractivity contribution in [1.82, 2.24) is 9.97 Å². The van der Waals surface area contributed by atoms with E-state index in [1.54, 1.807) is 0 Å². The molecule has 0 aromatic carbocycles. The summed E-state index contributed by atoms with van der Waals surface area (Å²) in [7, 11) is 0. The number of aryl methyl sites for hydroxylation is 1. The Kier molecular flexibility index (Phi) is 7.13. The van der Waals surface area contributed by atoms with Crippen molar-refractivity contribution in [2.75, 3.05) is 23.3 Å². The van der Waals surface area contributed by atoms with Gasteiger partial charge in [0.05, 0.1) is 6.10 Å². The smallest absolute Gasteiger partial charge is 0.228 e. The highest BCUT2D eigenvalue weighted by Gasteiger charge is 2.11. The summed E-state index contributed by atoms with van der Waals surface area (Å²) in [5.41, 5.74) is 0.941. The van der Waals surface area contributed by atoms with Crippen molar-refractivity contribution in [3.63, 3.8) is 0 Å². The first-order valence-corrected chi connectivity index (χ1v) is 8.02. The zero-order valence-corrected chi connectivity index (χ0v) is 13.9. The highest BCUT2D eigenvalue weighted by molar-refractivity contribution is 9.09. The van der Waals surface area contributed by atoms with Crippen LogP contribution in [0.2, 0.25) is 0 Å². The average molecular weight is 330 g/mol. The molecule has 1 aromatic rings. The lowest BCUT2D eigenvalue weighted by Crippen LogP contribution is -2.28. The van der Waals surface area contributed by atoms with Gasteiger partial charge in [0.25, 0.3) is 0 Å². The first kappa shape index (κ1) is 16.2. The molecule has 0 atom stereocenters. The van der Waals surface area contributed by atoms with Gasteiger partial charge in [-0.25, -0.2) is 4.98 Å². The number of aromatic nitrogens is 2. The zero-order valence-electron chi connectivity index (χ0n) is 12.3. The van der Waals surface area contributed by atoms with Gasteiger partial charge in [0.2, 0.25) is 11.8 Å². The molecule has 0 N–H and O–H groups in total. The van der Waals surface area contributed by atoms with E-state index in [1.807, 2.05) is 26.8 Å². The second-order valence-corrected chi connectivity index (χ2v) is 5.64. The predicted octanol–water partition coefficient (Wildman–Crippen LogP) is 3.57. The van der Waals surface area contributed by atoms with Gasteiger partial charge in [-0.3, -0.25) is 0 Å². The molecule has 0 radical (unpaired) electrons. The molecule has 0 amide bonds. The maximum Gasteiger partial charge on any atom is 0.228 e. The van der Waals surface area contributed by atoms with E-state index in [-0.39, 0.29) is 6.10 Å². The summed E-state index contributed by atoms with van der Waals surface area (Å²) in [6.07, 6.45) is 2.44. The molecule has 0 spiro atoms. The van der Waals surface area contributed by atoms with Crippen molar-refractivity contribution < 1.29 is 4.74 Å². The molecule has 0 bridgehead atoms. The fraction of sp³-hybridized carbons (Fsp3) is 0.714. The minimum atomic E-state index is 0.127. The van der Waals surface area contributed by atoms with Crippen molar-refractivity contribution in [2.24, 2.45) is 0 Å². The lowest BCUT2D eigenvalue weighted by atomic mass is 10.3. The summed E-state index contributed by atoms with van der Waals surface area (Å²) >= 11 is 3.49. The molecule has 0 aliphatic heterocycles. The van der Waals surface area contributed by atoms with Gasteiger partial charge < -0.3 is 9.64 Å². The van der Waals surface area contributed by atoms with Gasteiger partial charge >= 0.3 is 0 Å². The molecule has 0 fully saturated rings. The van der Waals surface area contributed by atoms with Crippen molar-refractivity contribution in [2.45, 2.75) is 46.6 Å². The van der Waals surface area contributed by atoms with Crippen molar-refractivity contribution in [3.8, 4) is 5.88 Å². The van der Waals surface area contributed by atoms with Crippen LogP contribution in [-0.2, 0) is 0 Å². The van der Waals surface area contributed by atoms with Crippen LogP contribution in [0.5, 0.6) is 5.88 Å². The van der Waals surface area contributed by atoms with Gasteiger partial charge in [-0.05, 0) is 27.2 Å². The van der Waals surface area contributed by atoms with E-state index in [4.69, 9.17) is 4.74 Å². The van der Waals surface area contributed by atoms with E-state index in [1.165, 1.54) is 6.42 Å². The first-order valence-electron chi connectivity index (χ1n) is 6.90. The molecule has 0 saturated carbocycles. The molecule has 0 unspecified atom stereocenters. The minimum absolute atomic E-state index is 0.127. The molecule has 4 nitrogen and oxygen atoms in total. The van der Waals surface area contributed by atoms with Crippen LogP contribution in [0.4, 0.5) is 5.95 Å². The number of hydrogen-bond acceptors (Lipinski definition) is 4. The Hall–Kier alpha value is -0.840. The number of anilines is 1. The number of nitrogens with zero attached hydrogens (tertiary/aromatic N) is 3. The summed E-state index contributed by atoms with van der Waals surface area (Å²) < 4.78 is 5.68. The van der Waals surface area contributed by atoms with Crippen molar-refractivity contribution in [3.05, 3.63) is 11.8 Å². The fourth-order valence-electron chi connectivity index (χ4n) is 1.73. The van der Waals surface area contributed by atoms with E-state index in [9.17, 15) is 0 Å². The minimum Gasteiger partial charge on any atom is -0.475 e. The Morgan fingerprint density at radius 3 is 2.63 bits per heavy atom. The van der Waals surface area contributed by atoms with E-state index < -0.39 is 0 Å². The number of ether oxygens (including phenoxy) is 1. The van der Waals surface area contributed by atoms with Gasteiger partial charge in [-0.1, -0.05) is 29.3 Å². The second kappa shape index (κ2) is 8.35. The SMILES string of the molecule is CCCCN(CCBr)c1nc(C)cc(OC(C)C)n1. The molecule has 0 aliphatic rings. The van der Waals surface area contributed by atoms with Crippen molar-refractivity contribution in [1.29, 1.82) is 0 Å². The van der Waals surface area contributed by atoms with E-state index in [2.05, 4.69) is 37.7 Å². The molecule has 0 saturated heterocycles. The summed E-state index contributed by atoms with van der Waals surface area (Å²) in [6, 6.07) is 1.88. The molecular formula is C14H24BrN3O. The third-order valence-electron chi connectivity index (χ3n) is 2.59. The van der Waals surface area contributed by atoms with Crippen LogP contribution >= 0.6 is 15.9 Å². The van der Waals surface area contributed by atoms with Crippen molar-refractivity contribution >= 4 is 21.9 Å². The van der Waals surface area contributed by atoms with Gasteiger partial charge in [0.15, 0.2) is 0 Å². The maximum atomic E-state index is 5.68. The van der Waals surface area contributed by atoms with Crippen LogP contribution in [-0.4, -0.2) is 34.5 Å². The topological polar surface area (TPSA) is 38.2 Å². The maximum absolute atomic E-state index is 5.68. The summed E-state index contributed by atoms with van der Waals surface area (Å²) in [5, 5.41) is 0.911. The Morgan fingerprint density at radius 1 is 1.32 bits per heavy atom. The Balaban J connectivity index is 2.90. The number of alkyl halides is 1. The molecule has 0 aliphatic carbocycles. The third-order valence-corrected chi connectivity index (χ3v) is 2.95. The lowest BCUT2D eigenvalue weighted by Gasteiger charge is -2.22. The zero-order chi connectivity index (χ0) is 14.3. The quantitative estimate of drug-likeness (QED) is 0.683. The lowest BCUT2D eigenvalue weighted by molar-refractivity contribution is 0.232. The molecule has 108 valence electrons. The van der Waals surface area contributed by atoms with Crippen LogP contribution in [0.1, 0.15) is 39.3 Å². The van der Waals surface area contributed by atoms with Gasteiger partial charge in [-0.15, -0.1) is 0 Å². The number of unbranched alkanes of at least 4 members (excludes halogenated alkanes) is 1. The second-order valence-electron chi connectivity index (χ2n) is 4.84. The molecule has 1 heterocycles. The highest BCUT2D eigenvalue weighted by atomic mass is 79.9. The monoisotopic (exact) mass is 329 g/mol. The molecule has 1 aromatic heterocycles. The van der Waals surface area contributed by atoms with Crippen LogP contribution in [0.15, 0.2) is 6.07 Å². The van der Waals surface area contributed by atoms with E-state index in [0.717, 1.165) is 36.5 Å². The molecule has 1 rings (SSSR count). The summed E-state index contributed by atoms with van der Waals surface area (Å²) in [6.45, 7) is 10.1. The van der Waals surface area contributed by atoms with Crippen LogP contribution < -0.4 is 9.64 Å². The highest BCUT2D eigenvalue weighted by Crippen LogP contribution is 2.17. The van der Waals surface area contributed by atoms with Crippen LogP contribution in [0.3, 0.4) is 0 Å². The van der Waals surface area contributed by atoms with Crippen LogP contribution in [0.25, 0.3) is 0 Å².